The third kappa shape index (κ3) is 6.23. The first kappa shape index (κ1) is 40.7. The maximum absolute atomic E-state index is 15.4. The molecule has 2 aliphatic carbocycles. The number of anilines is 2. The first-order valence-corrected chi connectivity index (χ1v) is 18.7. The van der Waals surface area contributed by atoms with E-state index >= 15 is 4.79 Å². The molecule has 0 radical (unpaired) electrons. The van der Waals surface area contributed by atoms with Crippen LogP contribution < -0.4 is 19.8 Å². The number of nitrogens with one attached hydrogen (secondary N) is 1. The molecule has 60 heavy (non-hydrogen) atoms. The van der Waals surface area contributed by atoms with Crippen molar-refractivity contribution in [3.05, 3.63) is 124 Å². The third-order valence-electron chi connectivity index (χ3n) is 11.9. The lowest BCUT2D eigenvalue weighted by atomic mass is 9.49. The number of benzene rings is 4. The van der Waals surface area contributed by atoms with Crippen LogP contribution in [0.3, 0.4) is 0 Å². The summed E-state index contributed by atoms with van der Waals surface area (Å²) < 4.78 is 109. The number of rotatable bonds is 7. The molecule has 2 N–H and O–H groups in total. The van der Waals surface area contributed by atoms with Crippen LogP contribution in [0.2, 0.25) is 5.02 Å². The van der Waals surface area contributed by atoms with E-state index in [9.17, 15) is 50.2 Å². The monoisotopic (exact) mass is 857 g/mol. The number of hydrogen-bond acceptors (Lipinski definition) is 8. The van der Waals surface area contributed by atoms with Crippen LogP contribution in [0.25, 0.3) is 0 Å². The first-order valence-electron chi connectivity index (χ1n) is 18.3. The van der Waals surface area contributed by atoms with Gasteiger partial charge in [0.15, 0.2) is 11.5 Å². The summed E-state index contributed by atoms with van der Waals surface area (Å²) >= 11 is 6.31. The highest BCUT2D eigenvalue weighted by Gasteiger charge is 2.70. The lowest BCUT2D eigenvalue weighted by Crippen LogP contribution is -2.53. The highest BCUT2D eigenvalue weighted by atomic mass is 35.5. The van der Waals surface area contributed by atoms with Gasteiger partial charge in [-0.05, 0) is 96.6 Å². The van der Waals surface area contributed by atoms with Crippen LogP contribution in [0.15, 0.2) is 90.5 Å². The average molecular weight is 858 g/mol. The minimum Gasteiger partial charge on any atom is -0.502 e. The second-order valence-electron chi connectivity index (χ2n) is 14.9. The van der Waals surface area contributed by atoms with Gasteiger partial charge in [0.05, 0.1) is 59.9 Å². The van der Waals surface area contributed by atoms with Crippen LogP contribution in [-0.2, 0) is 36.9 Å². The quantitative estimate of drug-likeness (QED) is 0.108. The lowest BCUT2D eigenvalue weighted by Gasteiger charge is -2.50. The predicted molar refractivity (Wildman–Crippen MR) is 199 cm³/mol. The normalized spacial score (nSPS) is 25.2. The topological polar surface area (TPSA) is 125 Å². The Morgan fingerprint density at radius 1 is 0.783 bits per heavy atom. The molecule has 4 aliphatic rings. The van der Waals surface area contributed by atoms with Crippen LogP contribution in [0.4, 0.5) is 42.1 Å². The number of aromatic hydroxyl groups is 1. The molecule has 18 heteroatoms. The minimum absolute atomic E-state index is 0.107. The van der Waals surface area contributed by atoms with E-state index in [1.807, 2.05) is 0 Å². The van der Waals surface area contributed by atoms with Gasteiger partial charge in [-0.25, -0.2) is 9.29 Å². The molecule has 10 nitrogen and oxygen atoms in total. The molecule has 0 bridgehead atoms. The number of fused-ring (bicyclic) bond motifs is 4. The molecule has 2 saturated heterocycles. The Balaban J connectivity index is 1.34. The Labute approximate surface area is 341 Å². The van der Waals surface area contributed by atoms with Gasteiger partial charge in [-0.2, -0.15) is 31.4 Å². The zero-order valence-corrected chi connectivity index (χ0v) is 32.0. The third-order valence-corrected chi connectivity index (χ3v) is 12.2. The van der Waals surface area contributed by atoms with Gasteiger partial charge >= 0.3 is 12.4 Å². The van der Waals surface area contributed by atoms with Gasteiger partial charge < -0.3 is 14.6 Å². The summed E-state index contributed by atoms with van der Waals surface area (Å²) in [5.74, 6) is -11.3. The molecule has 0 unspecified atom stereocenters. The SMILES string of the molecule is COc1cc([C@H]2C3=CC[C@@H]4C(=O)N(c5cc(C(F)(F)F)cc(C(F)(F)F)c5)C(=O)[C@@H]4[C@@H]3C[C@H]3C(=O)N(Nc4ccc(F)cc4)C(=O)[C@@]23c2ccc(Cl)cc2)cc(OC)c1O. The van der Waals surface area contributed by atoms with Crippen LogP contribution in [-0.4, -0.2) is 48.0 Å². The van der Waals surface area contributed by atoms with Crippen molar-refractivity contribution in [2.75, 3.05) is 24.5 Å². The minimum atomic E-state index is -5.28. The van der Waals surface area contributed by atoms with E-state index in [4.69, 9.17) is 21.1 Å². The van der Waals surface area contributed by atoms with Gasteiger partial charge in [0.1, 0.15) is 5.82 Å². The van der Waals surface area contributed by atoms with Crippen LogP contribution >= 0.6 is 11.6 Å². The average Bonchev–Trinajstić information content (AvgIpc) is 3.58. The van der Waals surface area contributed by atoms with Crippen molar-refractivity contribution in [1.29, 1.82) is 0 Å². The summed E-state index contributed by atoms with van der Waals surface area (Å²) in [7, 11) is 2.52. The fourth-order valence-electron chi connectivity index (χ4n) is 9.43. The summed E-state index contributed by atoms with van der Waals surface area (Å²) in [6.07, 6.45) is -9.48. The van der Waals surface area contributed by atoms with E-state index in [-0.39, 0.29) is 52.2 Å². The van der Waals surface area contributed by atoms with Crippen molar-refractivity contribution in [2.24, 2.45) is 23.7 Å². The van der Waals surface area contributed by atoms with E-state index < -0.39 is 99.4 Å². The van der Waals surface area contributed by atoms with Gasteiger partial charge in [0, 0.05) is 10.9 Å². The second-order valence-corrected chi connectivity index (χ2v) is 15.4. The Morgan fingerprint density at radius 2 is 1.37 bits per heavy atom. The van der Waals surface area contributed by atoms with Crippen molar-refractivity contribution in [3.8, 4) is 17.2 Å². The number of carbonyl (C=O) groups is 4. The van der Waals surface area contributed by atoms with Crippen LogP contribution in [0.1, 0.15) is 41.0 Å². The molecule has 6 atom stereocenters. The number of hydrogen-bond donors (Lipinski definition) is 2. The Bertz CT molecular complexity index is 2440. The smallest absolute Gasteiger partial charge is 0.416 e. The van der Waals surface area contributed by atoms with Crippen molar-refractivity contribution in [2.45, 2.75) is 36.5 Å². The molecule has 2 heterocycles. The number of alkyl halides is 6. The molecular weight excluding hydrogens is 827 g/mol. The number of carbonyl (C=O) groups excluding carboxylic acids is 4. The number of allylic oxidation sites excluding steroid dienone is 2. The molecular formula is C42H31ClF7N3O7. The van der Waals surface area contributed by atoms with Crippen LogP contribution in [0.5, 0.6) is 17.2 Å². The number of methoxy groups -OCH3 is 2. The van der Waals surface area contributed by atoms with E-state index in [2.05, 4.69) is 5.43 Å². The molecule has 2 aliphatic heterocycles. The van der Waals surface area contributed by atoms with E-state index in [1.165, 1.54) is 50.6 Å². The van der Waals surface area contributed by atoms with Crippen molar-refractivity contribution < 1.29 is 64.5 Å². The number of halogens is 8. The van der Waals surface area contributed by atoms with Crippen molar-refractivity contribution >= 4 is 46.6 Å². The van der Waals surface area contributed by atoms with Gasteiger partial charge in [-0.15, -0.1) is 0 Å². The maximum atomic E-state index is 15.4. The number of phenols is 1. The second kappa shape index (κ2) is 14.3. The molecule has 4 aromatic carbocycles. The van der Waals surface area contributed by atoms with Gasteiger partial charge in [0.25, 0.3) is 11.8 Å². The van der Waals surface area contributed by atoms with Crippen LogP contribution in [0, 0.1) is 29.5 Å². The molecule has 4 aromatic rings. The fraction of sp³-hybridized carbons (Fsp3) is 0.286. The summed E-state index contributed by atoms with van der Waals surface area (Å²) in [4.78, 5) is 59.3. The molecule has 0 aromatic heterocycles. The molecule has 1 saturated carbocycles. The summed E-state index contributed by atoms with van der Waals surface area (Å²) in [6.45, 7) is 0. The van der Waals surface area contributed by atoms with E-state index in [0.29, 0.717) is 22.6 Å². The number of phenolic OH excluding ortho intramolecular Hbond substituents is 1. The number of amides is 4. The zero-order chi connectivity index (χ0) is 43.2. The first-order chi connectivity index (χ1) is 28.3. The highest BCUT2D eigenvalue weighted by Crippen LogP contribution is 2.65. The largest absolute Gasteiger partial charge is 0.502 e. The Morgan fingerprint density at radius 3 is 1.92 bits per heavy atom. The molecule has 4 amide bonds. The molecule has 0 spiro atoms. The van der Waals surface area contributed by atoms with Gasteiger partial charge in [0.2, 0.25) is 17.6 Å². The maximum Gasteiger partial charge on any atom is 0.416 e. The number of ether oxygens (including phenoxy) is 2. The van der Waals surface area contributed by atoms with Gasteiger partial charge in [-0.3, -0.25) is 24.6 Å². The molecule has 8 rings (SSSR count). The van der Waals surface area contributed by atoms with Crippen molar-refractivity contribution in [3.63, 3.8) is 0 Å². The van der Waals surface area contributed by atoms with Gasteiger partial charge in [-0.1, -0.05) is 35.4 Å². The zero-order valence-electron chi connectivity index (χ0n) is 31.2. The summed E-state index contributed by atoms with van der Waals surface area (Å²) in [6, 6.07) is 14.2. The number of imide groups is 2. The summed E-state index contributed by atoms with van der Waals surface area (Å²) in [5.41, 5.74) is -2.47. The lowest BCUT2D eigenvalue weighted by molar-refractivity contribution is -0.143. The van der Waals surface area contributed by atoms with E-state index in [0.717, 1.165) is 17.1 Å². The standard InChI is InChI=1S/C42H31ClF7N3O7/c1-59-31-13-19(14-32(60-2)35(31)54)34-27-11-12-28-33(38(57)52(36(28)55)26-16-21(41(45,46)47)15-22(17-26)42(48,49)50)29(27)18-30-37(56)53(51-25-9-7-24(44)8-10-25)39(58)40(30,34)20-3-5-23(43)6-4-20/h3-11,13-17,28-30,33-34,51,54H,12,18H2,1-2H3/t28-,29+,30-,33-,34-,40+/m0/s1. The van der Waals surface area contributed by atoms with E-state index in [1.54, 1.807) is 18.2 Å². The number of nitrogens with zero attached hydrogens (tertiary/aromatic N) is 2. The Kier molecular flexibility index (Phi) is 9.68. The molecule has 3 fully saturated rings. The highest BCUT2D eigenvalue weighted by molar-refractivity contribution is 6.30. The Hall–Kier alpha value is -6.10. The summed E-state index contributed by atoms with van der Waals surface area (Å²) in [5, 5.41) is 12.0. The fourth-order valence-corrected chi connectivity index (χ4v) is 9.56. The predicted octanol–water partition coefficient (Wildman–Crippen LogP) is 8.43. The molecule has 312 valence electrons. The van der Waals surface area contributed by atoms with Crippen molar-refractivity contribution in [1.82, 2.24) is 5.01 Å². The number of hydrazine groups is 1.